The standard InChI is InChI=1S/C12H16O2.H3P/c1-8-6-5-7-10(9(8)2)12(3,4)11(13)14;/h5-7H,1-4H3,(H,13,14);1H3. The van der Waals surface area contributed by atoms with Gasteiger partial charge < -0.3 is 5.11 Å². The molecule has 1 unspecified atom stereocenters. The van der Waals surface area contributed by atoms with Crippen LogP contribution in [0.3, 0.4) is 0 Å². The van der Waals surface area contributed by atoms with Crippen LogP contribution in [-0.4, -0.2) is 11.1 Å². The molecule has 0 bridgehead atoms. The molecule has 0 aliphatic rings. The van der Waals surface area contributed by atoms with E-state index in [1.165, 1.54) is 0 Å². The Morgan fingerprint density at radius 2 is 1.80 bits per heavy atom. The van der Waals surface area contributed by atoms with E-state index in [2.05, 4.69) is 0 Å². The van der Waals surface area contributed by atoms with Crippen LogP contribution in [0.2, 0.25) is 0 Å². The summed E-state index contributed by atoms with van der Waals surface area (Å²) in [6.07, 6.45) is 0. The fourth-order valence-electron chi connectivity index (χ4n) is 1.54. The minimum Gasteiger partial charge on any atom is -0.481 e. The zero-order chi connectivity index (χ0) is 10.9. The molecule has 1 N–H and O–H groups in total. The number of benzene rings is 1. The van der Waals surface area contributed by atoms with Crippen LogP contribution in [-0.2, 0) is 10.2 Å². The molecule has 15 heavy (non-hydrogen) atoms. The Morgan fingerprint density at radius 1 is 1.27 bits per heavy atom. The van der Waals surface area contributed by atoms with E-state index in [0.717, 1.165) is 16.7 Å². The van der Waals surface area contributed by atoms with Crippen molar-refractivity contribution in [1.29, 1.82) is 0 Å². The lowest BCUT2D eigenvalue weighted by molar-refractivity contribution is -0.142. The first-order valence-corrected chi connectivity index (χ1v) is 4.67. The molecule has 1 aromatic rings. The summed E-state index contributed by atoms with van der Waals surface area (Å²) < 4.78 is 0. The van der Waals surface area contributed by atoms with Gasteiger partial charge >= 0.3 is 5.97 Å². The van der Waals surface area contributed by atoms with Crippen molar-refractivity contribution >= 4 is 15.9 Å². The van der Waals surface area contributed by atoms with Gasteiger partial charge in [0.05, 0.1) is 5.41 Å². The molecule has 0 radical (unpaired) electrons. The topological polar surface area (TPSA) is 37.3 Å². The molecule has 0 heterocycles. The third-order valence-corrected chi connectivity index (χ3v) is 2.81. The molecule has 0 amide bonds. The summed E-state index contributed by atoms with van der Waals surface area (Å²) in [5.41, 5.74) is 2.29. The predicted octanol–water partition coefficient (Wildman–Crippen LogP) is 2.72. The second-order valence-electron chi connectivity index (χ2n) is 4.18. The molecule has 0 aliphatic heterocycles. The molecule has 0 aliphatic carbocycles. The van der Waals surface area contributed by atoms with Crippen LogP contribution in [0.1, 0.15) is 30.5 Å². The average molecular weight is 226 g/mol. The summed E-state index contributed by atoms with van der Waals surface area (Å²) in [7, 11) is 0. The fraction of sp³-hybridized carbons (Fsp3) is 0.417. The molecule has 1 atom stereocenters. The smallest absolute Gasteiger partial charge is 0.313 e. The highest BCUT2D eigenvalue weighted by molar-refractivity contribution is 6.92. The maximum absolute atomic E-state index is 11.1. The van der Waals surface area contributed by atoms with Gasteiger partial charge in [-0.05, 0) is 44.4 Å². The highest BCUT2D eigenvalue weighted by Crippen LogP contribution is 2.27. The molecular weight excluding hydrogens is 207 g/mol. The van der Waals surface area contributed by atoms with Crippen LogP contribution < -0.4 is 0 Å². The Kier molecular flexibility index (Phi) is 4.48. The van der Waals surface area contributed by atoms with Gasteiger partial charge in [0.15, 0.2) is 0 Å². The van der Waals surface area contributed by atoms with Crippen molar-refractivity contribution in [3.05, 3.63) is 34.9 Å². The SMILES string of the molecule is Cc1cccc(C(C)(C)C(=O)O)c1C.P. The van der Waals surface area contributed by atoms with Gasteiger partial charge in [0.1, 0.15) is 0 Å². The van der Waals surface area contributed by atoms with Crippen LogP contribution in [0.15, 0.2) is 18.2 Å². The van der Waals surface area contributed by atoms with Gasteiger partial charge in [-0.1, -0.05) is 18.2 Å². The summed E-state index contributed by atoms with van der Waals surface area (Å²) in [6.45, 7) is 7.43. The third kappa shape index (κ3) is 2.57. The first-order valence-electron chi connectivity index (χ1n) is 4.67. The van der Waals surface area contributed by atoms with Gasteiger partial charge in [0.2, 0.25) is 0 Å². The van der Waals surface area contributed by atoms with Crippen LogP contribution in [0.4, 0.5) is 0 Å². The van der Waals surface area contributed by atoms with E-state index < -0.39 is 11.4 Å². The van der Waals surface area contributed by atoms with Crippen molar-refractivity contribution in [3.8, 4) is 0 Å². The van der Waals surface area contributed by atoms with E-state index in [0.29, 0.717) is 0 Å². The van der Waals surface area contributed by atoms with Gasteiger partial charge in [0.25, 0.3) is 0 Å². The minimum absolute atomic E-state index is 0. The van der Waals surface area contributed by atoms with Gasteiger partial charge in [-0.2, -0.15) is 9.90 Å². The predicted molar refractivity (Wildman–Crippen MR) is 67.7 cm³/mol. The first-order chi connectivity index (χ1) is 6.37. The molecule has 3 heteroatoms. The summed E-state index contributed by atoms with van der Waals surface area (Å²) >= 11 is 0. The second-order valence-corrected chi connectivity index (χ2v) is 4.18. The van der Waals surface area contributed by atoms with Gasteiger partial charge in [0, 0.05) is 0 Å². The zero-order valence-electron chi connectivity index (χ0n) is 9.79. The Hall–Kier alpha value is -0.880. The lowest BCUT2D eigenvalue weighted by atomic mass is 9.81. The Balaban J connectivity index is 0.00000196. The maximum atomic E-state index is 11.1. The molecular formula is C12H19O2P. The maximum Gasteiger partial charge on any atom is 0.313 e. The summed E-state index contributed by atoms with van der Waals surface area (Å²) in [5, 5.41) is 9.11. The van der Waals surface area contributed by atoms with E-state index >= 15 is 0 Å². The van der Waals surface area contributed by atoms with Crippen molar-refractivity contribution in [3.63, 3.8) is 0 Å². The summed E-state index contributed by atoms with van der Waals surface area (Å²) in [6, 6.07) is 5.79. The van der Waals surface area contributed by atoms with Crippen LogP contribution >= 0.6 is 9.90 Å². The highest BCUT2D eigenvalue weighted by atomic mass is 31.0. The monoisotopic (exact) mass is 226 g/mol. The first kappa shape index (κ1) is 14.1. The number of carboxylic acid groups (broad SMARTS) is 1. The fourth-order valence-corrected chi connectivity index (χ4v) is 1.54. The second kappa shape index (κ2) is 4.76. The zero-order valence-corrected chi connectivity index (χ0v) is 11.2. The van der Waals surface area contributed by atoms with E-state index in [9.17, 15) is 4.79 Å². The average Bonchev–Trinajstić information content (AvgIpc) is 2.09. The van der Waals surface area contributed by atoms with Crippen molar-refractivity contribution < 1.29 is 9.90 Å². The van der Waals surface area contributed by atoms with Crippen molar-refractivity contribution in [2.75, 3.05) is 0 Å². The summed E-state index contributed by atoms with van der Waals surface area (Å²) in [4.78, 5) is 11.1. The molecule has 0 spiro atoms. The van der Waals surface area contributed by atoms with Gasteiger partial charge in [-0.3, -0.25) is 4.79 Å². The van der Waals surface area contributed by atoms with Gasteiger partial charge in [-0.15, -0.1) is 0 Å². The van der Waals surface area contributed by atoms with Gasteiger partial charge in [-0.25, -0.2) is 0 Å². The van der Waals surface area contributed by atoms with Crippen molar-refractivity contribution in [1.82, 2.24) is 0 Å². The Morgan fingerprint density at radius 3 is 2.27 bits per heavy atom. The van der Waals surface area contributed by atoms with E-state index in [-0.39, 0.29) is 9.90 Å². The summed E-state index contributed by atoms with van der Waals surface area (Å²) in [5.74, 6) is -0.786. The molecule has 0 saturated heterocycles. The van der Waals surface area contributed by atoms with Crippen LogP contribution in [0.5, 0.6) is 0 Å². The number of hydrogen-bond donors (Lipinski definition) is 1. The third-order valence-electron chi connectivity index (χ3n) is 2.81. The number of rotatable bonds is 2. The molecule has 0 saturated carbocycles. The molecule has 0 aromatic heterocycles. The van der Waals surface area contributed by atoms with E-state index in [1.807, 2.05) is 32.0 Å². The lowest BCUT2D eigenvalue weighted by Crippen LogP contribution is -2.29. The van der Waals surface area contributed by atoms with Crippen molar-refractivity contribution in [2.45, 2.75) is 33.1 Å². The van der Waals surface area contributed by atoms with E-state index in [1.54, 1.807) is 13.8 Å². The van der Waals surface area contributed by atoms with Crippen LogP contribution in [0, 0.1) is 13.8 Å². The minimum atomic E-state index is -0.809. The normalized spacial score (nSPS) is 10.7. The molecule has 84 valence electrons. The number of aryl methyl sites for hydroxylation is 1. The quantitative estimate of drug-likeness (QED) is 0.787. The molecule has 1 rings (SSSR count). The number of carboxylic acids is 1. The Bertz CT molecular complexity index is 370. The largest absolute Gasteiger partial charge is 0.481 e. The number of hydrogen-bond acceptors (Lipinski definition) is 1. The lowest BCUT2D eigenvalue weighted by Gasteiger charge is -2.22. The highest BCUT2D eigenvalue weighted by Gasteiger charge is 2.30. The van der Waals surface area contributed by atoms with Crippen LogP contribution in [0.25, 0.3) is 0 Å². The molecule has 0 fully saturated rings. The molecule has 1 aromatic carbocycles. The van der Waals surface area contributed by atoms with Crippen molar-refractivity contribution in [2.24, 2.45) is 0 Å². The molecule has 2 nitrogen and oxygen atoms in total. The number of carbonyl (C=O) groups is 1. The number of aliphatic carboxylic acids is 1. The van der Waals surface area contributed by atoms with E-state index in [4.69, 9.17) is 5.11 Å². The Labute approximate surface area is 94.3 Å².